The van der Waals surface area contributed by atoms with E-state index in [-0.39, 0.29) is 0 Å². The quantitative estimate of drug-likeness (QED) is 0.843. The number of carbonyl (C=O) groups is 1. The van der Waals surface area contributed by atoms with Crippen LogP contribution in [-0.2, 0) is 0 Å². The number of hydrogen-bond acceptors (Lipinski definition) is 3. The molecule has 4 heteroatoms. The summed E-state index contributed by atoms with van der Waals surface area (Å²) in [5.74, 6) is -0.902. The van der Waals surface area contributed by atoms with Crippen LogP contribution in [0.4, 0.5) is 5.69 Å². The summed E-state index contributed by atoms with van der Waals surface area (Å²) in [6.07, 6.45) is 2.51. The number of hydrogen-bond donors (Lipinski definition) is 2. The summed E-state index contributed by atoms with van der Waals surface area (Å²) in [5, 5.41) is 18.9. The van der Waals surface area contributed by atoms with Gasteiger partial charge in [0.1, 0.15) is 0 Å². The average molecular weight is 249 g/mol. The summed E-state index contributed by atoms with van der Waals surface area (Å²) in [5.41, 5.74) is 0.758. The second-order valence-corrected chi connectivity index (χ2v) is 5.19. The van der Waals surface area contributed by atoms with Gasteiger partial charge in [-0.25, -0.2) is 4.79 Å². The second kappa shape index (κ2) is 4.98. The van der Waals surface area contributed by atoms with Gasteiger partial charge in [-0.05, 0) is 50.5 Å². The molecular weight excluding hydrogens is 230 g/mol. The summed E-state index contributed by atoms with van der Waals surface area (Å²) in [6, 6.07) is 6.92. The lowest BCUT2D eigenvalue weighted by atomic mass is 9.98. The number of nitrogens with zero attached hydrogens (tertiary/aromatic N) is 1. The minimum Gasteiger partial charge on any atom is -0.478 e. The van der Waals surface area contributed by atoms with Gasteiger partial charge in [0.05, 0.1) is 11.2 Å². The van der Waals surface area contributed by atoms with Crippen molar-refractivity contribution in [1.29, 1.82) is 0 Å². The van der Waals surface area contributed by atoms with E-state index in [1.54, 1.807) is 12.1 Å². The van der Waals surface area contributed by atoms with Crippen LogP contribution in [0.15, 0.2) is 24.3 Å². The first-order valence-electron chi connectivity index (χ1n) is 6.29. The van der Waals surface area contributed by atoms with Gasteiger partial charge in [-0.15, -0.1) is 0 Å². The van der Waals surface area contributed by atoms with Gasteiger partial charge in [-0.2, -0.15) is 0 Å². The van der Waals surface area contributed by atoms with Crippen molar-refractivity contribution in [1.82, 2.24) is 0 Å². The lowest BCUT2D eigenvalue weighted by Gasteiger charge is -2.24. The molecule has 1 aromatic carbocycles. The van der Waals surface area contributed by atoms with E-state index in [4.69, 9.17) is 5.11 Å². The van der Waals surface area contributed by atoms with Gasteiger partial charge in [-0.1, -0.05) is 0 Å². The van der Waals surface area contributed by atoms with Crippen molar-refractivity contribution in [2.75, 3.05) is 18.0 Å². The summed E-state index contributed by atoms with van der Waals surface area (Å²) in [7, 11) is 0. The molecule has 1 atom stereocenters. The number of carboxylic acid groups (broad SMARTS) is 1. The van der Waals surface area contributed by atoms with Crippen LogP contribution >= 0.6 is 0 Å². The lowest BCUT2D eigenvalue weighted by molar-refractivity contribution is 0.0481. The molecule has 0 amide bonds. The SMILES string of the molecule is CC1(O)CCCN(c2ccc(C(=O)O)cc2)CC1. The lowest BCUT2D eigenvalue weighted by Crippen LogP contribution is -2.28. The number of benzene rings is 1. The Labute approximate surface area is 107 Å². The Bertz CT molecular complexity index is 425. The van der Waals surface area contributed by atoms with Gasteiger partial charge in [0, 0.05) is 18.8 Å². The van der Waals surface area contributed by atoms with E-state index in [1.807, 2.05) is 19.1 Å². The second-order valence-electron chi connectivity index (χ2n) is 5.19. The summed E-state index contributed by atoms with van der Waals surface area (Å²) in [4.78, 5) is 13.0. The maximum Gasteiger partial charge on any atom is 0.335 e. The third-order valence-electron chi connectivity index (χ3n) is 3.54. The maximum absolute atomic E-state index is 10.8. The molecule has 1 fully saturated rings. The molecule has 2 N–H and O–H groups in total. The zero-order valence-corrected chi connectivity index (χ0v) is 10.6. The molecule has 98 valence electrons. The molecule has 0 bridgehead atoms. The molecule has 1 aliphatic rings. The molecule has 0 spiro atoms. The van der Waals surface area contributed by atoms with E-state index in [9.17, 15) is 9.90 Å². The van der Waals surface area contributed by atoms with Crippen molar-refractivity contribution in [3.05, 3.63) is 29.8 Å². The summed E-state index contributed by atoms with van der Waals surface area (Å²) >= 11 is 0. The van der Waals surface area contributed by atoms with Crippen molar-refractivity contribution < 1.29 is 15.0 Å². The van der Waals surface area contributed by atoms with E-state index in [1.165, 1.54) is 0 Å². The largest absolute Gasteiger partial charge is 0.478 e. The molecule has 0 saturated carbocycles. The fourth-order valence-corrected chi connectivity index (χ4v) is 2.34. The molecule has 1 unspecified atom stereocenters. The monoisotopic (exact) mass is 249 g/mol. The minimum absolute atomic E-state index is 0.306. The van der Waals surface area contributed by atoms with Gasteiger partial charge in [0.15, 0.2) is 0 Å². The van der Waals surface area contributed by atoms with E-state index in [0.29, 0.717) is 5.56 Å². The van der Waals surface area contributed by atoms with Crippen molar-refractivity contribution in [3.63, 3.8) is 0 Å². The van der Waals surface area contributed by atoms with Crippen molar-refractivity contribution >= 4 is 11.7 Å². The first-order valence-corrected chi connectivity index (χ1v) is 6.29. The number of carboxylic acids is 1. The molecular formula is C14H19NO3. The average Bonchev–Trinajstić information content (AvgIpc) is 2.50. The topological polar surface area (TPSA) is 60.8 Å². The van der Waals surface area contributed by atoms with Gasteiger partial charge < -0.3 is 15.1 Å². The molecule has 1 saturated heterocycles. The summed E-state index contributed by atoms with van der Waals surface area (Å²) in [6.45, 7) is 3.59. The molecule has 2 rings (SSSR count). The maximum atomic E-state index is 10.8. The molecule has 0 radical (unpaired) electrons. The number of rotatable bonds is 2. The fourth-order valence-electron chi connectivity index (χ4n) is 2.34. The van der Waals surface area contributed by atoms with Crippen LogP contribution in [0.3, 0.4) is 0 Å². The Hall–Kier alpha value is -1.55. The van der Waals surface area contributed by atoms with Gasteiger partial charge >= 0.3 is 5.97 Å². The first-order chi connectivity index (χ1) is 8.48. The molecule has 0 aromatic heterocycles. The third kappa shape index (κ3) is 3.01. The van der Waals surface area contributed by atoms with E-state index in [2.05, 4.69) is 4.90 Å². The number of aliphatic hydroxyl groups is 1. The smallest absolute Gasteiger partial charge is 0.335 e. The van der Waals surface area contributed by atoms with Crippen LogP contribution in [0.1, 0.15) is 36.5 Å². The standard InChI is InChI=1S/C14H19NO3/c1-14(18)7-2-9-15(10-8-14)12-5-3-11(4-6-12)13(16)17/h3-6,18H,2,7-10H2,1H3,(H,16,17). The van der Waals surface area contributed by atoms with Crippen LogP contribution in [0.2, 0.25) is 0 Å². The Morgan fingerprint density at radius 3 is 2.50 bits per heavy atom. The van der Waals surface area contributed by atoms with Crippen LogP contribution in [0.5, 0.6) is 0 Å². The molecule has 1 aromatic rings. The fraction of sp³-hybridized carbons (Fsp3) is 0.500. The Balaban J connectivity index is 2.09. The highest BCUT2D eigenvalue weighted by Crippen LogP contribution is 2.25. The zero-order chi connectivity index (χ0) is 13.2. The van der Waals surface area contributed by atoms with E-state index < -0.39 is 11.6 Å². The Morgan fingerprint density at radius 1 is 1.22 bits per heavy atom. The highest BCUT2D eigenvalue weighted by Gasteiger charge is 2.24. The van der Waals surface area contributed by atoms with Crippen molar-refractivity contribution in [2.24, 2.45) is 0 Å². The van der Waals surface area contributed by atoms with Gasteiger partial charge in [0.2, 0.25) is 0 Å². The third-order valence-corrected chi connectivity index (χ3v) is 3.54. The first kappa shape index (κ1) is 12.9. The predicted molar refractivity (Wildman–Crippen MR) is 70.1 cm³/mol. The highest BCUT2D eigenvalue weighted by atomic mass is 16.4. The summed E-state index contributed by atoms with van der Waals surface area (Å²) < 4.78 is 0. The normalized spacial score (nSPS) is 24.7. The van der Waals surface area contributed by atoms with Crippen LogP contribution in [0, 0.1) is 0 Å². The molecule has 18 heavy (non-hydrogen) atoms. The molecule has 1 aliphatic heterocycles. The Kier molecular flexibility index (Phi) is 3.57. The van der Waals surface area contributed by atoms with Crippen LogP contribution in [0.25, 0.3) is 0 Å². The predicted octanol–water partition coefficient (Wildman–Crippen LogP) is 2.13. The molecule has 0 aliphatic carbocycles. The van der Waals surface area contributed by atoms with E-state index in [0.717, 1.165) is 38.0 Å². The van der Waals surface area contributed by atoms with Crippen LogP contribution < -0.4 is 4.90 Å². The van der Waals surface area contributed by atoms with Crippen molar-refractivity contribution in [3.8, 4) is 0 Å². The van der Waals surface area contributed by atoms with Gasteiger partial charge in [0.25, 0.3) is 0 Å². The minimum atomic E-state index is -0.902. The zero-order valence-electron chi connectivity index (χ0n) is 10.6. The van der Waals surface area contributed by atoms with Gasteiger partial charge in [-0.3, -0.25) is 0 Å². The molecule has 1 heterocycles. The van der Waals surface area contributed by atoms with Crippen LogP contribution in [-0.4, -0.2) is 34.9 Å². The number of aromatic carboxylic acids is 1. The molecule has 4 nitrogen and oxygen atoms in total. The van der Waals surface area contributed by atoms with Crippen molar-refractivity contribution in [2.45, 2.75) is 31.8 Å². The number of anilines is 1. The van der Waals surface area contributed by atoms with E-state index >= 15 is 0 Å². The highest BCUT2D eigenvalue weighted by molar-refractivity contribution is 5.88. The Morgan fingerprint density at radius 2 is 1.89 bits per heavy atom.